The number of piperidine rings is 1. The van der Waals surface area contributed by atoms with Crippen LogP contribution in [0.3, 0.4) is 0 Å². The van der Waals surface area contributed by atoms with E-state index in [4.69, 9.17) is 9.52 Å². The molecule has 1 fully saturated rings. The number of hydrogen-bond acceptors (Lipinski definition) is 5. The van der Waals surface area contributed by atoms with Gasteiger partial charge in [0.2, 0.25) is 5.95 Å². The number of furan rings is 1. The van der Waals surface area contributed by atoms with Crippen molar-refractivity contribution in [2.45, 2.75) is 19.3 Å². The summed E-state index contributed by atoms with van der Waals surface area (Å²) < 4.78 is 31.4. The van der Waals surface area contributed by atoms with Crippen molar-refractivity contribution in [2.24, 2.45) is 5.92 Å². The van der Waals surface area contributed by atoms with Crippen LogP contribution in [-0.4, -0.2) is 34.1 Å². The first kappa shape index (κ1) is 15.4. The van der Waals surface area contributed by atoms with Crippen LogP contribution in [0.2, 0.25) is 0 Å². The molecule has 3 heterocycles. The largest absolute Gasteiger partial charge is 0.481 e. The molecule has 8 heteroatoms. The second kappa shape index (κ2) is 6.31. The predicted molar refractivity (Wildman–Crippen MR) is 77.3 cm³/mol. The Labute approximate surface area is 130 Å². The number of carboxylic acids is 1. The first-order chi connectivity index (χ1) is 11.0. The molecule has 122 valence electrons. The molecule has 0 spiro atoms. The number of aromatic nitrogens is 2. The van der Waals surface area contributed by atoms with E-state index < -0.39 is 24.0 Å². The molecule has 1 saturated heterocycles. The van der Waals surface area contributed by atoms with Crippen LogP contribution in [0.15, 0.2) is 28.9 Å². The Morgan fingerprint density at radius 2 is 2.26 bits per heavy atom. The number of halogens is 2. The molecule has 1 unspecified atom stereocenters. The van der Waals surface area contributed by atoms with Crippen molar-refractivity contribution >= 4 is 11.9 Å². The summed E-state index contributed by atoms with van der Waals surface area (Å²) in [6.45, 7) is 0.744. The molecule has 6 nitrogen and oxygen atoms in total. The monoisotopic (exact) mass is 323 g/mol. The molecule has 0 saturated carbocycles. The maximum Gasteiger partial charge on any atom is 0.308 e. The fourth-order valence-corrected chi connectivity index (χ4v) is 2.62. The molecule has 0 radical (unpaired) electrons. The lowest BCUT2D eigenvalue weighted by molar-refractivity contribution is -0.141. The second-order valence-corrected chi connectivity index (χ2v) is 5.38. The number of hydrogen-bond donors (Lipinski definition) is 1. The summed E-state index contributed by atoms with van der Waals surface area (Å²) in [7, 11) is 0. The van der Waals surface area contributed by atoms with Crippen LogP contribution in [0.1, 0.15) is 25.0 Å². The highest BCUT2D eigenvalue weighted by Crippen LogP contribution is 2.28. The van der Waals surface area contributed by atoms with E-state index in [0.717, 1.165) is 0 Å². The normalized spacial score (nSPS) is 18.4. The topological polar surface area (TPSA) is 79.5 Å². The van der Waals surface area contributed by atoms with Gasteiger partial charge < -0.3 is 14.4 Å². The molecule has 0 amide bonds. The zero-order valence-electron chi connectivity index (χ0n) is 12.2. The number of carbonyl (C=O) groups is 1. The van der Waals surface area contributed by atoms with Crippen molar-refractivity contribution in [2.75, 3.05) is 18.0 Å². The summed E-state index contributed by atoms with van der Waals surface area (Å²) in [6, 6.07) is 4.45. The summed E-state index contributed by atoms with van der Waals surface area (Å²) in [6.07, 6.45) is -0.105. The van der Waals surface area contributed by atoms with Gasteiger partial charge in [-0.15, -0.1) is 0 Å². The first-order valence-electron chi connectivity index (χ1n) is 7.23. The van der Waals surface area contributed by atoms with Crippen LogP contribution in [0.4, 0.5) is 14.7 Å². The number of anilines is 1. The number of rotatable bonds is 4. The standard InChI is InChI=1S/C15H15F2N3O3/c16-13(17)11-7-10(12-4-2-6-23-12)18-15(19-11)20-5-1-3-9(8-20)14(21)22/h2,4,6-7,9,13H,1,3,5,8H2,(H,21,22). The number of alkyl halides is 2. The zero-order valence-corrected chi connectivity index (χ0v) is 12.2. The Morgan fingerprint density at radius 1 is 1.43 bits per heavy atom. The minimum atomic E-state index is -2.74. The van der Waals surface area contributed by atoms with Gasteiger partial charge in [-0.05, 0) is 31.0 Å². The number of aliphatic carboxylic acids is 1. The summed E-state index contributed by atoms with van der Waals surface area (Å²) >= 11 is 0. The summed E-state index contributed by atoms with van der Waals surface area (Å²) in [5, 5.41) is 9.15. The molecule has 1 atom stereocenters. The van der Waals surface area contributed by atoms with Gasteiger partial charge in [-0.1, -0.05) is 0 Å². The van der Waals surface area contributed by atoms with Gasteiger partial charge in [-0.25, -0.2) is 18.7 Å². The third-order valence-corrected chi connectivity index (χ3v) is 3.78. The molecule has 0 bridgehead atoms. The smallest absolute Gasteiger partial charge is 0.308 e. The van der Waals surface area contributed by atoms with Gasteiger partial charge in [0.05, 0.1) is 12.2 Å². The highest BCUT2D eigenvalue weighted by atomic mass is 19.3. The molecule has 1 N–H and O–H groups in total. The molecule has 0 aliphatic carbocycles. The van der Waals surface area contributed by atoms with E-state index in [9.17, 15) is 13.6 Å². The van der Waals surface area contributed by atoms with Crippen LogP contribution in [0.25, 0.3) is 11.5 Å². The van der Waals surface area contributed by atoms with Crippen molar-refractivity contribution in [3.8, 4) is 11.5 Å². The van der Waals surface area contributed by atoms with Crippen LogP contribution < -0.4 is 4.90 Å². The van der Waals surface area contributed by atoms with Crippen molar-refractivity contribution in [3.05, 3.63) is 30.2 Å². The fourth-order valence-electron chi connectivity index (χ4n) is 2.62. The minimum Gasteiger partial charge on any atom is -0.481 e. The van der Waals surface area contributed by atoms with E-state index in [1.54, 1.807) is 17.0 Å². The molecule has 2 aromatic rings. The fraction of sp³-hybridized carbons (Fsp3) is 0.400. The SMILES string of the molecule is O=C(O)C1CCCN(c2nc(-c3ccco3)cc(C(F)F)n2)C1. The van der Waals surface area contributed by atoms with E-state index >= 15 is 0 Å². The highest BCUT2D eigenvalue weighted by Gasteiger charge is 2.28. The molecule has 3 rings (SSSR count). The summed E-state index contributed by atoms with van der Waals surface area (Å²) in [5.41, 5.74) is -0.147. The maximum atomic E-state index is 13.1. The average Bonchev–Trinajstić information content (AvgIpc) is 3.09. The van der Waals surface area contributed by atoms with Crippen molar-refractivity contribution in [1.82, 2.24) is 9.97 Å². The second-order valence-electron chi connectivity index (χ2n) is 5.38. The van der Waals surface area contributed by atoms with E-state index in [1.165, 1.54) is 12.3 Å². The van der Waals surface area contributed by atoms with Gasteiger partial charge >= 0.3 is 5.97 Å². The molecule has 1 aliphatic heterocycles. The van der Waals surface area contributed by atoms with Crippen LogP contribution in [-0.2, 0) is 4.79 Å². The van der Waals surface area contributed by atoms with Crippen molar-refractivity contribution in [1.29, 1.82) is 0 Å². The molecule has 0 aromatic carbocycles. The highest BCUT2D eigenvalue weighted by molar-refractivity contribution is 5.71. The van der Waals surface area contributed by atoms with Gasteiger partial charge in [-0.2, -0.15) is 0 Å². The molecule has 23 heavy (non-hydrogen) atoms. The summed E-state index contributed by atoms with van der Waals surface area (Å²) in [4.78, 5) is 21.0. The molecular formula is C15H15F2N3O3. The lowest BCUT2D eigenvalue weighted by atomic mass is 9.99. The number of nitrogens with zero attached hydrogens (tertiary/aromatic N) is 3. The Hall–Kier alpha value is -2.51. The predicted octanol–water partition coefficient (Wildman–Crippen LogP) is 2.98. The lowest BCUT2D eigenvalue weighted by Gasteiger charge is -2.31. The van der Waals surface area contributed by atoms with Crippen molar-refractivity contribution in [3.63, 3.8) is 0 Å². The number of carboxylic acid groups (broad SMARTS) is 1. The van der Waals surface area contributed by atoms with E-state index in [2.05, 4.69) is 9.97 Å². The van der Waals surface area contributed by atoms with E-state index in [0.29, 0.717) is 25.1 Å². The van der Waals surface area contributed by atoms with Crippen LogP contribution in [0.5, 0.6) is 0 Å². The van der Waals surface area contributed by atoms with Gasteiger partial charge in [0, 0.05) is 13.1 Å². The Balaban J connectivity index is 1.96. The average molecular weight is 323 g/mol. The van der Waals surface area contributed by atoms with Gasteiger partial charge in [-0.3, -0.25) is 4.79 Å². The Bertz CT molecular complexity index is 691. The van der Waals surface area contributed by atoms with Gasteiger partial charge in [0.1, 0.15) is 11.4 Å². The Kier molecular flexibility index (Phi) is 4.22. The third-order valence-electron chi connectivity index (χ3n) is 3.78. The minimum absolute atomic E-state index is 0.111. The zero-order chi connectivity index (χ0) is 16.4. The van der Waals surface area contributed by atoms with E-state index in [1.807, 2.05) is 0 Å². The van der Waals surface area contributed by atoms with Crippen molar-refractivity contribution < 1.29 is 23.1 Å². The maximum absolute atomic E-state index is 13.1. The quantitative estimate of drug-likeness (QED) is 0.932. The molecule has 2 aromatic heterocycles. The van der Waals surface area contributed by atoms with Crippen LogP contribution >= 0.6 is 0 Å². The van der Waals surface area contributed by atoms with Gasteiger partial charge in [0.15, 0.2) is 5.76 Å². The van der Waals surface area contributed by atoms with Crippen LogP contribution in [0, 0.1) is 5.92 Å². The first-order valence-corrected chi connectivity index (χ1v) is 7.23. The molecular weight excluding hydrogens is 308 g/mol. The summed E-state index contributed by atoms with van der Waals surface area (Å²) in [5.74, 6) is -0.969. The van der Waals surface area contributed by atoms with E-state index in [-0.39, 0.29) is 18.2 Å². The molecule has 1 aliphatic rings. The lowest BCUT2D eigenvalue weighted by Crippen LogP contribution is -2.39. The van der Waals surface area contributed by atoms with Gasteiger partial charge in [0.25, 0.3) is 6.43 Å². The Morgan fingerprint density at radius 3 is 2.91 bits per heavy atom. The third kappa shape index (κ3) is 3.30.